The highest BCUT2D eigenvalue weighted by Crippen LogP contribution is 2.41. The summed E-state index contributed by atoms with van der Waals surface area (Å²) in [5.74, 6) is -1.84. The number of carbonyl (C=O) groups is 1. The number of aromatic nitrogens is 1. The Kier molecular flexibility index (Phi) is 5.81. The van der Waals surface area contributed by atoms with E-state index in [0.29, 0.717) is 6.07 Å². The molecule has 0 unspecified atom stereocenters. The lowest BCUT2D eigenvalue weighted by molar-refractivity contribution is -0.137. The fraction of sp³-hybridized carbons (Fsp3) is 0.100. The fourth-order valence-electron chi connectivity index (χ4n) is 3.21. The third kappa shape index (κ3) is 4.14. The summed E-state index contributed by atoms with van der Waals surface area (Å²) in [6, 6.07) is 4.23. The van der Waals surface area contributed by atoms with Gasteiger partial charge in [-0.3, -0.25) is 9.78 Å². The standard InChI is InChI=1S/C20H8Cl2F5N2O4/c21-11-6-28-7-12(22)16(11)29(31)18(30)9-2-4-14(33-19(23)24)17-15(9)10-5-8(20(25,26)27)1-3-13(10)32-17/h1-7,19H/q-1. The van der Waals surface area contributed by atoms with Crippen LogP contribution in [0.1, 0.15) is 15.9 Å². The number of hydrogen-bond donors (Lipinski definition) is 0. The Balaban J connectivity index is 1.98. The Morgan fingerprint density at radius 1 is 1.12 bits per heavy atom. The summed E-state index contributed by atoms with van der Waals surface area (Å²) < 4.78 is 75.3. The van der Waals surface area contributed by atoms with Crippen molar-refractivity contribution in [1.29, 1.82) is 0 Å². The molecule has 0 aliphatic carbocycles. The van der Waals surface area contributed by atoms with Crippen molar-refractivity contribution >= 4 is 56.7 Å². The van der Waals surface area contributed by atoms with E-state index >= 15 is 0 Å². The van der Waals surface area contributed by atoms with Gasteiger partial charge in [-0.25, -0.2) is 0 Å². The number of anilines is 1. The highest BCUT2D eigenvalue weighted by Gasteiger charge is 2.32. The van der Waals surface area contributed by atoms with Crippen LogP contribution in [0.3, 0.4) is 0 Å². The normalized spacial score (nSPS) is 12.0. The third-order valence-corrected chi connectivity index (χ3v) is 5.13. The van der Waals surface area contributed by atoms with Crippen molar-refractivity contribution in [2.24, 2.45) is 0 Å². The largest absolute Gasteiger partial charge is 0.751 e. The molecule has 1 amide bonds. The second-order valence-electron chi connectivity index (χ2n) is 6.56. The third-order valence-electron chi connectivity index (χ3n) is 4.57. The molecule has 13 heteroatoms. The van der Waals surface area contributed by atoms with Crippen LogP contribution in [0.2, 0.25) is 10.0 Å². The van der Waals surface area contributed by atoms with Crippen LogP contribution in [-0.4, -0.2) is 17.5 Å². The molecule has 4 rings (SSSR count). The number of pyridine rings is 1. The molecule has 172 valence electrons. The first-order chi connectivity index (χ1) is 15.5. The minimum absolute atomic E-state index is 0.158. The van der Waals surface area contributed by atoms with Crippen LogP contribution in [0.25, 0.3) is 21.9 Å². The monoisotopic (exact) mass is 505 g/mol. The van der Waals surface area contributed by atoms with Gasteiger partial charge in [0.25, 0.3) is 0 Å². The molecule has 6 nitrogen and oxygen atoms in total. The lowest BCUT2D eigenvalue weighted by atomic mass is 10.0. The second-order valence-corrected chi connectivity index (χ2v) is 7.37. The van der Waals surface area contributed by atoms with E-state index in [4.69, 9.17) is 27.6 Å². The number of benzene rings is 2. The average Bonchev–Trinajstić information content (AvgIpc) is 3.12. The van der Waals surface area contributed by atoms with Crippen molar-refractivity contribution in [3.8, 4) is 5.75 Å². The summed E-state index contributed by atoms with van der Waals surface area (Å²) in [7, 11) is 0. The summed E-state index contributed by atoms with van der Waals surface area (Å²) >= 11 is 11.8. The molecule has 33 heavy (non-hydrogen) atoms. The van der Waals surface area contributed by atoms with E-state index < -0.39 is 46.8 Å². The van der Waals surface area contributed by atoms with Gasteiger partial charge in [-0.05, 0) is 30.3 Å². The van der Waals surface area contributed by atoms with Gasteiger partial charge in [0.15, 0.2) is 11.3 Å². The number of hydroxylamine groups is 1. The van der Waals surface area contributed by atoms with Crippen molar-refractivity contribution in [2.75, 3.05) is 5.06 Å². The molecular weight excluding hydrogens is 498 g/mol. The molecule has 0 saturated heterocycles. The molecule has 0 aliphatic rings. The maximum atomic E-state index is 13.3. The van der Waals surface area contributed by atoms with E-state index in [9.17, 15) is 32.0 Å². The van der Waals surface area contributed by atoms with E-state index in [1.807, 2.05) is 0 Å². The number of furan rings is 1. The molecule has 0 fully saturated rings. The zero-order valence-electron chi connectivity index (χ0n) is 15.8. The predicted octanol–water partition coefficient (Wildman–Crippen LogP) is 7.05. The molecule has 4 aromatic rings. The van der Waals surface area contributed by atoms with Gasteiger partial charge in [0.1, 0.15) is 5.58 Å². The molecule has 0 bridgehead atoms. The number of rotatable bonds is 4. The summed E-state index contributed by atoms with van der Waals surface area (Å²) in [5.41, 5.74) is -2.60. The Bertz CT molecular complexity index is 1370. The van der Waals surface area contributed by atoms with Crippen molar-refractivity contribution < 1.29 is 35.9 Å². The number of carbonyl (C=O) groups excluding carboxylic acids is 1. The van der Waals surface area contributed by atoms with E-state index in [2.05, 4.69) is 9.72 Å². The van der Waals surface area contributed by atoms with Crippen LogP contribution in [0, 0.1) is 5.21 Å². The van der Waals surface area contributed by atoms with Gasteiger partial charge in [-0.1, -0.05) is 23.2 Å². The summed E-state index contributed by atoms with van der Waals surface area (Å²) in [6.45, 7) is -3.29. The first-order valence-corrected chi connectivity index (χ1v) is 9.56. The van der Waals surface area contributed by atoms with Gasteiger partial charge in [0.05, 0.1) is 26.9 Å². The smallest absolute Gasteiger partial charge is 0.416 e. The lowest BCUT2D eigenvalue weighted by Gasteiger charge is -2.30. The molecule has 0 atom stereocenters. The van der Waals surface area contributed by atoms with E-state index in [1.165, 1.54) is 0 Å². The number of halogens is 7. The van der Waals surface area contributed by atoms with Gasteiger partial charge in [0.2, 0.25) is 5.91 Å². The van der Waals surface area contributed by atoms with E-state index in [0.717, 1.165) is 36.7 Å². The van der Waals surface area contributed by atoms with Crippen molar-refractivity contribution in [1.82, 2.24) is 4.98 Å². The molecular formula is C20H8Cl2F5N2O4-. The van der Waals surface area contributed by atoms with Gasteiger partial charge >= 0.3 is 12.8 Å². The molecule has 0 aliphatic heterocycles. The fourth-order valence-corrected chi connectivity index (χ4v) is 3.73. The van der Waals surface area contributed by atoms with Gasteiger partial charge in [-0.15, -0.1) is 0 Å². The van der Waals surface area contributed by atoms with E-state index in [-0.39, 0.29) is 31.5 Å². The number of hydrogen-bond acceptors (Lipinski definition) is 5. The van der Waals surface area contributed by atoms with Crippen molar-refractivity contribution in [3.63, 3.8) is 0 Å². The Morgan fingerprint density at radius 3 is 2.39 bits per heavy atom. The average molecular weight is 506 g/mol. The van der Waals surface area contributed by atoms with Gasteiger partial charge < -0.3 is 19.4 Å². The molecule has 0 radical (unpaired) electrons. The first-order valence-electron chi connectivity index (χ1n) is 8.81. The van der Waals surface area contributed by atoms with Crippen LogP contribution < -0.4 is 9.80 Å². The van der Waals surface area contributed by atoms with Crippen LogP contribution in [0.4, 0.5) is 27.6 Å². The van der Waals surface area contributed by atoms with Crippen LogP contribution in [0.5, 0.6) is 5.75 Å². The second kappa shape index (κ2) is 8.32. The summed E-state index contributed by atoms with van der Waals surface area (Å²) in [6.07, 6.45) is -2.64. The Morgan fingerprint density at radius 2 is 1.79 bits per heavy atom. The minimum Gasteiger partial charge on any atom is -0.751 e. The van der Waals surface area contributed by atoms with Crippen LogP contribution >= 0.6 is 23.2 Å². The molecule has 2 aromatic carbocycles. The van der Waals surface area contributed by atoms with Crippen LogP contribution in [-0.2, 0) is 6.18 Å². The van der Waals surface area contributed by atoms with Crippen molar-refractivity contribution in [3.05, 3.63) is 69.1 Å². The van der Waals surface area contributed by atoms with Gasteiger partial charge in [0, 0.05) is 23.2 Å². The summed E-state index contributed by atoms with van der Waals surface area (Å²) in [4.78, 5) is 16.7. The molecule has 0 N–H and O–H groups in total. The predicted molar refractivity (Wildman–Crippen MR) is 110 cm³/mol. The maximum Gasteiger partial charge on any atom is 0.416 e. The number of fused-ring (bicyclic) bond motifs is 3. The Labute approximate surface area is 190 Å². The number of amides is 1. The van der Waals surface area contributed by atoms with E-state index in [1.54, 1.807) is 0 Å². The quantitative estimate of drug-likeness (QED) is 0.219. The van der Waals surface area contributed by atoms with Crippen LogP contribution in [0.15, 0.2) is 47.1 Å². The number of nitrogens with zero attached hydrogens (tertiary/aromatic N) is 2. The zero-order valence-corrected chi connectivity index (χ0v) is 17.3. The number of ether oxygens (including phenoxy) is 1. The lowest BCUT2D eigenvalue weighted by Crippen LogP contribution is -2.25. The highest BCUT2D eigenvalue weighted by atomic mass is 35.5. The van der Waals surface area contributed by atoms with Gasteiger partial charge in [-0.2, -0.15) is 22.0 Å². The zero-order chi connectivity index (χ0) is 24.1. The topological polar surface area (TPSA) is 78.6 Å². The first kappa shape index (κ1) is 23.0. The molecule has 2 heterocycles. The number of alkyl halides is 5. The molecule has 2 aromatic heterocycles. The van der Waals surface area contributed by atoms with Crippen molar-refractivity contribution in [2.45, 2.75) is 12.8 Å². The molecule has 0 saturated carbocycles. The Hall–Kier alpha value is -3.15. The highest BCUT2D eigenvalue weighted by molar-refractivity contribution is 6.40. The summed E-state index contributed by atoms with van der Waals surface area (Å²) in [5, 5.41) is 11.5. The minimum atomic E-state index is -4.75. The SMILES string of the molecule is O=C(c1ccc(OC(F)F)c2oc3ccc(C(F)(F)F)cc3c12)N([O-])c1c(Cl)cncc1Cl. The molecule has 0 spiro atoms. The maximum absolute atomic E-state index is 13.3.